The van der Waals surface area contributed by atoms with Gasteiger partial charge in [0, 0.05) is 18.9 Å². The second-order valence-electron chi connectivity index (χ2n) is 29.2. The minimum Gasteiger partial charge on any atom is -0.462 e. The van der Waals surface area contributed by atoms with Crippen molar-refractivity contribution >= 4 is 25.7 Å². The molecule has 25 heteroatoms. The zero-order valence-corrected chi connectivity index (χ0v) is 64.3. The van der Waals surface area contributed by atoms with Crippen molar-refractivity contribution in [1.82, 2.24) is 0 Å². The SMILES string of the molecule is CCCCCCCCCCCCC/C=C/C=C/C(=O)OCC1OC(OC2C(O)C(O)C(O)C(OC3OC(CO)C(O)C(O)C3O)C2OP(=O)(O)OCC(COC(=O)CCCCCCCCCCCCCCCCCCC)OC(=O)CCCCCCCCCCCCCCCCCC)C(O)C(O)C1O. The summed E-state index contributed by atoms with van der Waals surface area (Å²) in [5.41, 5.74) is 0. The van der Waals surface area contributed by atoms with Crippen molar-refractivity contribution in [2.45, 2.75) is 427 Å². The monoisotopic (exact) mass is 1490 g/mol. The molecule has 24 nitrogen and oxygen atoms in total. The van der Waals surface area contributed by atoms with Gasteiger partial charge in [-0.05, 0) is 25.7 Å². The van der Waals surface area contributed by atoms with E-state index in [1.165, 1.54) is 199 Å². The van der Waals surface area contributed by atoms with E-state index in [1.807, 2.05) is 6.08 Å². The van der Waals surface area contributed by atoms with Crippen LogP contribution in [-0.2, 0) is 61.2 Å². The molecule has 3 rings (SSSR count). The Labute approximate surface area is 617 Å². The predicted octanol–water partition coefficient (Wildman–Crippen LogP) is 12.5. The van der Waals surface area contributed by atoms with Crippen LogP contribution in [0.2, 0.25) is 0 Å². The molecular formula is C78H143O24P. The molecule has 604 valence electrons. The lowest BCUT2D eigenvalue weighted by molar-refractivity contribution is -0.360. The standard InChI is InChI=1S/C78H143O24P/c1-4-7-10-13-16-19-22-25-28-30-33-35-37-40-43-46-49-52-62(80)94-56-59(97-64(82)54-51-48-45-42-39-36-32-29-26-23-20-17-14-11-8-5-2)57-96-103(92,93)102-76-74(100-77-72(90)67(85)65(83)60(55-79)98-77)70(88)69(87)71(89)75(76)101-78-73(91)68(86)66(84)61(99-78)58-95-63(81)53-50-47-44-41-38-34-31-27-24-21-18-15-12-9-6-3/h44,47,50,53,59-61,65-79,83-91H,4-43,45-46,48-49,51-52,54-58H2,1-3H3,(H,92,93)/b47-44+,53-50+. The predicted molar refractivity (Wildman–Crippen MR) is 393 cm³/mol. The Morgan fingerprint density at radius 3 is 1.15 bits per heavy atom. The molecule has 0 aromatic rings. The van der Waals surface area contributed by atoms with Gasteiger partial charge >= 0.3 is 25.7 Å². The number of rotatable bonds is 64. The summed E-state index contributed by atoms with van der Waals surface area (Å²) in [5, 5.41) is 110. The van der Waals surface area contributed by atoms with Crippen molar-refractivity contribution in [3.8, 4) is 0 Å². The molecule has 2 saturated heterocycles. The van der Waals surface area contributed by atoms with Crippen LogP contribution < -0.4 is 0 Å². The number of unbranched alkanes of at least 4 members (excludes halogenated alkanes) is 42. The largest absolute Gasteiger partial charge is 0.472 e. The highest BCUT2D eigenvalue weighted by Gasteiger charge is 2.58. The molecule has 0 amide bonds. The Balaban J connectivity index is 1.72. The Morgan fingerprint density at radius 1 is 0.398 bits per heavy atom. The molecule has 1 saturated carbocycles. The fourth-order valence-electron chi connectivity index (χ4n) is 13.5. The summed E-state index contributed by atoms with van der Waals surface area (Å²) in [5.74, 6) is -2.21. The quantitative estimate of drug-likeness (QED) is 0.00673. The first-order valence-electron chi connectivity index (χ1n) is 40.7. The molecule has 0 aromatic heterocycles. The Morgan fingerprint density at radius 2 is 0.748 bits per heavy atom. The van der Waals surface area contributed by atoms with Crippen molar-refractivity contribution in [3.05, 3.63) is 24.3 Å². The van der Waals surface area contributed by atoms with Gasteiger partial charge in [-0.15, -0.1) is 0 Å². The van der Waals surface area contributed by atoms with Gasteiger partial charge < -0.3 is 89.1 Å². The third-order valence-electron chi connectivity index (χ3n) is 20.1. The van der Waals surface area contributed by atoms with E-state index in [9.17, 15) is 74.9 Å². The van der Waals surface area contributed by atoms with Crippen LogP contribution in [0.25, 0.3) is 0 Å². The van der Waals surface area contributed by atoms with Crippen LogP contribution >= 0.6 is 7.82 Å². The lowest BCUT2D eigenvalue weighted by Crippen LogP contribution is -2.69. The zero-order valence-electron chi connectivity index (χ0n) is 63.4. The number of carbonyl (C=O) groups is 3. The van der Waals surface area contributed by atoms with Gasteiger partial charge in [0.1, 0.15) is 98.7 Å². The molecule has 11 N–H and O–H groups in total. The van der Waals surface area contributed by atoms with Crippen molar-refractivity contribution in [3.63, 3.8) is 0 Å². The molecule has 3 fully saturated rings. The minimum absolute atomic E-state index is 0.0378. The van der Waals surface area contributed by atoms with Gasteiger partial charge in [0.25, 0.3) is 0 Å². The molecule has 0 aromatic carbocycles. The summed E-state index contributed by atoms with van der Waals surface area (Å²) in [6.45, 7) is 3.41. The van der Waals surface area contributed by atoms with Gasteiger partial charge in [-0.1, -0.05) is 302 Å². The minimum atomic E-state index is -5.71. The van der Waals surface area contributed by atoms with Crippen LogP contribution in [0.3, 0.4) is 0 Å². The average Bonchev–Trinajstić information content (AvgIpc) is 0.761. The van der Waals surface area contributed by atoms with E-state index >= 15 is 0 Å². The third-order valence-corrected chi connectivity index (χ3v) is 21.1. The molecule has 103 heavy (non-hydrogen) atoms. The summed E-state index contributed by atoms with van der Waals surface area (Å²) < 4.78 is 65.0. The number of aliphatic hydroxyl groups is 10. The van der Waals surface area contributed by atoms with E-state index in [4.69, 9.17) is 42.2 Å². The maximum absolute atomic E-state index is 14.4. The molecule has 2 aliphatic heterocycles. The Kier molecular flexibility index (Phi) is 54.5. The topological polar surface area (TPSA) is 374 Å². The number of allylic oxidation sites excluding steroid dienone is 3. The number of aliphatic hydroxyl groups excluding tert-OH is 10. The summed E-state index contributed by atoms with van der Waals surface area (Å²) in [6.07, 6.45) is 22.7. The van der Waals surface area contributed by atoms with Crippen LogP contribution in [0.4, 0.5) is 0 Å². The first-order valence-corrected chi connectivity index (χ1v) is 42.2. The van der Waals surface area contributed by atoms with Crippen LogP contribution in [0.5, 0.6) is 0 Å². The fourth-order valence-corrected chi connectivity index (χ4v) is 14.5. The van der Waals surface area contributed by atoms with Crippen LogP contribution in [0.1, 0.15) is 323 Å². The Bertz CT molecular complexity index is 2210. The van der Waals surface area contributed by atoms with Crippen LogP contribution in [0.15, 0.2) is 24.3 Å². The molecule has 0 bridgehead atoms. The van der Waals surface area contributed by atoms with E-state index in [2.05, 4.69) is 20.8 Å². The number of hydrogen-bond acceptors (Lipinski definition) is 23. The molecule has 0 spiro atoms. The molecule has 18 unspecified atom stereocenters. The van der Waals surface area contributed by atoms with Crippen LogP contribution in [-0.4, -0.2) is 204 Å². The number of ether oxygens (including phenoxy) is 7. The van der Waals surface area contributed by atoms with Gasteiger partial charge in [0.15, 0.2) is 18.7 Å². The first-order chi connectivity index (χ1) is 49.8. The van der Waals surface area contributed by atoms with Gasteiger partial charge in [-0.2, -0.15) is 0 Å². The summed E-state index contributed by atoms with van der Waals surface area (Å²) in [7, 11) is -5.71. The molecule has 18 atom stereocenters. The van der Waals surface area contributed by atoms with E-state index in [0.29, 0.717) is 12.8 Å². The smallest absolute Gasteiger partial charge is 0.462 e. The van der Waals surface area contributed by atoms with Gasteiger partial charge in [-0.25, -0.2) is 9.36 Å². The number of hydrogen-bond donors (Lipinski definition) is 11. The lowest BCUT2D eigenvalue weighted by Gasteiger charge is -2.49. The third kappa shape index (κ3) is 41.7. The van der Waals surface area contributed by atoms with Gasteiger partial charge in [0.05, 0.1) is 13.2 Å². The second kappa shape index (κ2) is 59.3. The number of phosphoric ester groups is 1. The van der Waals surface area contributed by atoms with E-state index < -0.39 is 156 Å². The fraction of sp³-hybridized carbons (Fsp3) is 0.910. The van der Waals surface area contributed by atoms with Gasteiger partial charge in [0.2, 0.25) is 0 Å². The Hall–Kier alpha value is -2.56. The first kappa shape index (κ1) is 94.6. The van der Waals surface area contributed by atoms with E-state index in [1.54, 1.807) is 6.08 Å². The van der Waals surface area contributed by atoms with Crippen LogP contribution in [0, 0.1) is 0 Å². The summed E-state index contributed by atoms with van der Waals surface area (Å²) in [6, 6.07) is 0. The van der Waals surface area contributed by atoms with Crippen molar-refractivity contribution < 1.29 is 117 Å². The van der Waals surface area contributed by atoms with Crippen molar-refractivity contribution in [1.29, 1.82) is 0 Å². The normalized spacial score (nSPS) is 27.0. The number of phosphoric acid groups is 1. The van der Waals surface area contributed by atoms with Crippen molar-refractivity contribution in [2.75, 3.05) is 26.4 Å². The molecule has 2 heterocycles. The highest BCUT2D eigenvalue weighted by atomic mass is 31.2. The van der Waals surface area contributed by atoms with Gasteiger partial charge in [-0.3, -0.25) is 18.6 Å². The van der Waals surface area contributed by atoms with E-state index in [0.717, 1.165) is 89.5 Å². The van der Waals surface area contributed by atoms with Crippen molar-refractivity contribution in [2.24, 2.45) is 0 Å². The zero-order chi connectivity index (χ0) is 75.3. The molecular weight excluding hydrogens is 1350 g/mol. The highest BCUT2D eigenvalue weighted by Crippen LogP contribution is 2.49. The number of esters is 3. The summed E-state index contributed by atoms with van der Waals surface area (Å²) in [4.78, 5) is 51.1. The maximum Gasteiger partial charge on any atom is 0.472 e. The molecule has 1 aliphatic carbocycles. The maximum atomic E-state index is 14.4. The van der Waals surface area contributed by atoms with E-state index in [-0.39, 0.29) is 12.8 Å². The molecule has 0 radical (unpaired) electrons. The second-order valence-corrected chi connectivity index (χ2v) is 30.6. The summed E-state index contributed by atoms with van der Waals surface area (Å²) >= 11 is 0. The molecule has 3 aliphatic rings. The average molecular weight is 1500 g/mol. The number of carbonyl (C=O) groups excluding carboxylic acids is 3. The lowest BCUT2D eigenvalue weighted by atomic mass is 9.84. The highest BCUT2D eigenvalue weighted by molar-refractivity contribution is 7.47.